The van der Waals surface area contributed by atoms with E-state index in [-0.39, 0.29) is 12.5 Å². The second-order valence-corrected chi connectivity index (χ2v) is 8.56. The number of carboxylic acid groups (broad SMARTS) is 1. The number of carboxylic acids is 1. The third-order valence-corrected chi connectivity index (χ3v) is 6.31. The molecular weight excluding hydrogens is 416 g/mol. The van der Waals surface area contributed by atoms with Crippen LogP contribution in [0.5, 0.6) is 5.75 Å². The van der Waals surface area contributed by atoms with E-state index in [1.807, 2.05) is 41.5 Å². The van der Waals surface area contributed by atoms with Crippen LogP contribution < -0.4 is 4.74 Å². The molecule has 2 atom stereocenters. The molecule has 0 amide bonds. The predicted molar refractivity (Wildman–Crippen MR) is 123 cm³/mol. The number of nitrogens with zero attached hydrogens (tertiary/aromatic N) is 3. The number of aliphatic carboxylic acids is 1. The van der Waals surface area contributed by atoms with E-state index in [2.05, 4.69) is 51.8 Å². The molecule has 7 nitrogen and oxygen atoms in total. The SMILES string of the molecule is O=C(O)COc1cccc2c1CCC(Cn1cc(C(c3ccccc3)c3cn[nH]c3)cn1)C2. The standard InChI is InChI=1S/C26H26N4O3/c31-25(32)17-33-24-8-4-7-20-11-18(9-10-23(20)24)15-30-16-22(14-29-30)26(21-12-27-28-13-21)19-5-2-1-3-6-19/h1-8,12-14,16,18,26H,9-11,15,17H2,(H,27,28)(H,31,32). The Kier molecular flexibility index (Phi) is 5.93. The first kappa shape index (κ1) is 21.0. The van der Waals surface area contributed by atoms with Crippen LogP contribution in [0.3, 0.4) is 0 Å². The zero-order valence-corrected chi connectivity index (χ0v) is 18.2. The number of hydrogen-bond acceptors (Lipinski definition) is 4. The molecule has 1 aliphatic carbocycles. The molecule has 0 saturated heterocycles. The Morgan fingerprint density at radius 3 is 2.79 bits per heavy atom. The molecule has 5 rings (SSSR count). The summed E-state index contributed by atoms with van der Waals surface area (Å²) in [5.41, 5.74) is 5.84. The van der Waals surface area contributed by atoms with Crippen molar-refractivity contribution < 1.29 is 14.6 Å². The third-order valence-electron chi connectivity index (χ3n) is 6.31. The third kappa shape index (κ3) is 4.67. The highest BCUT2D eigenvalue weighted by molar-refractivity contribution is 5.68. The number of carbonyl (C=O) groups is 1. The van der Waals surface area contributed by atoms with Crippen molar-refractivity contribution in [3.05, 3.63) is 101 Å². The van der Waals surface area contributed by atoms with Gasteiger partial charge >= 0.3 is 5.97 Å². The van der Waals surface area contributed by atoms with Gasteiger partial charge in [-0.1, -0.05) is 42.5 Å². The van der Waals surface area contributed by atoms with Gasteiger partial charge in [0.2, 0.25) is 0 Å². The average Bonchev–Trinajstić information content (AvgIpc) is 3.51. The Bertz CT molecular complexity index is 1220. The van der Waals surface area contributed by atoms with Crippen molar-refractivity contribution in [2.45, 2.75) is 31.7 Å². The number of hydrogen-bond donors (Lipinski definition) is 2. The number of aromatic nitrogens is 4. The van der Waals surface area contributed by atoms with Crippen LogP contribution in [-0.4, -0.2) is 37.7 Å². The quantitative estimate of drug-likeness (QED) is 0.429. The van der Waals surface area contributed by atoms with Crippen LogP contribution in [0.25, 0.3) is 0 Å². The molecule has 2 aromatic carbocycles. The fourth-order valence-corrected chi connectivity index (χ4v) is 4.81. The largest absolute Gasteiger partial charge is 0.482 e. The van der Waals surface area contributed by atoms with Gasteiger partial charge in [0.25, 0.3) is 0 Å². The Labute approximate surface area is 192 Å². The normalized spacial score (nSPS) is 16.2. The fourth-order valence-electron chi connectivity index (χ4n) is 4.81. The van der Waals surface area contributed by atoms with Gasteiger partial charge < -0.3 is 9.84 Å². The van der Waals surface area contributed by atoms with E-state index >= 15 is 0 Å². The molecule has 2 unspecified atom stereocenters. The monoisotopic (exact) mass is 442 g/mol. The second-order valence-electron chi connectivity index (χ2n) is 8.56. The Morgan fingerprint density at radius 2 is 2.00 bits per heavy atom. The lowest BCUT2D eigenvalue weighted by molar-refractivity contribution is -0.139. The minimum absolute atomic E-state index is 0.0831. The van der Waals surface area contributed by atoms with Crippen LogP contribution >= 0.6 is 0 Å². The maximum Gasteiger partial charge on any atom is 0.341 e. The van der Waals surface area contributed by atoms with Crippen LogP contribution in [0.2, 0.25) is 0 Å². The number of aromatic amines is 1. The maximum absolute atomic E-state index is 10.9. The zero-order valence-electron chi connectivity index (χ0n) is 18.2. The van der Waals surface area contributed by atoms with Gasteiger partial charge in [0, 0.05) is 36.0 Å². The smallest absolute Gasteiger partial charge is 0.341 e. The molecule has 0 aliphatic heterocycles. The topological polar surface area (TPSA) is 93.0 Å². The summed E-state index contributed by atoms with van der Waals surface area (Å²) >= 11 is 0. The van der Waals surface area contributed by atoms with E-state index in [0.717, 1.165) is 42.5 Å². The first-order valence-corrected chi connectivity index (χ1v) is 11.2. The molecule has 7 heteroatoms. The van der Waals surface area contributed by atoms with E-state index in [9.17, 15) is 4.79 Å². The Hall–Kier alpha value is -3.87. The molecule has 0 radical (unpaired) electrons. The predicted octanol–water partition coefficient (Wildman–Crippen LogP) is 4.05. The number of benzene rings is 2. The molecule has 168 valence electrons. The molecule has 33 heavy (non-hydrogen) atoms. The summed E-state index contributed by atoms with van der Waals surface area (Å²) in [5.74, 6) is 0.282. The molecule has 0 saturated carbocycles. The van der Waals surface area contributed by atoms with Gasteiger partial charge in [0.1, 0.15) is 5.75 Å². The molecule has 0 spiro atoms. The van der Waals surface area contributed by atoms with Gasteiger partial charge in [-0.2, -0.15) is 10.2 Å². The van der Waals surface area contributed by atoms with E-state index < -0.39 is 5.97 Å². The molecule has 0 fully saturated rings. The number of nitrogens with one attached hydrogen (secondary N) is 1. The highest BCUT2D eigenvalue weighted by atomic mass is 16.5. The lowest BCUT2D eigenvalue weighted by Gasteiger charge is -2.26. The molecule has 2 heterocycles. The summed E-state index contributed by atoms with van der Waals surface area (Å²) in [5, 5.41) is 20.7. The maximum atomic E-state index is 10.9. The molecule has 2 aromatic heterocycles. The number of ether oxygens (including phenoxy) is 1. The summed E-state index contributed by atoms with van der Waals surface area (Å²) < 4.78 is 7.55. The van der Waals surface area contributed by atoms with Gasteiger partial charge in [0.05, 0.1) is 12.4 Å². The molecule has 0 bridgehead atoms. The van der Waals surface area contributed by atoms with Crippen LogP contribution in [0, 0.1) is 5.92 Å². The molecule has 4 aromatic rings. The first-order valence-electron chi connectivity index (χ1n) is 11.2. The van der Waals surface area contributed by atoms with E-state index in [1.54, 1.807) is 0 Å². The molecule has 1 aliphatic rings. The van der Waals surface area contributed by atoms with Crippen LogP contribution in [0.1, 0.15) is 40.2 Å². The fraction of sp³-hybridized carbons (Fsp3) is 0.269. The zero-order chi connectivity index (χ0) is 22.6. The number of H-pyrrole nitrogens is 1. The van der Waals surface area contributed by atoms with Gasteiger partial charge in [-0.3, -0.25) is 9.78 Å². The van der Waals surface area contributed by atoms with Crippen molar-refractivity contribution in [3.63, 3.8) is 0 Å². The lowest BCUT2D eigenvalue weighted by atomic mass is 9.83. The van der Waals surface area contributed by atoms with Crippen molar-refractivity contribution in [1.29, 1.82) is 0 Å². The van der Waals surface area contributed by atoms with Crippen molar-refractivity contribution in [3.8, 4) is 5.75 Å². The van der Waals surface area contributed by atoms with E-state index in [0.29, 0.717) is 11.7 Å². The molecular formula is C26H26N4O3. The number of fused-ring (bicyclic) bond motifs is 1. The van der Waals surface area contributed by atoms with Gasteiger partial charge in [0.15, 0.2) is 6.61 Å². The lowest BCUT2D eigenvalue weighted by Crippen LogP contribution is -2.21. The summed E-state index contributed by atoms with van der Waals surface area (Å²) in [6.07, 6.45) is 10.7. The van der Waals surface area contributed by atoms with Crippen LogP contribution in [-0.2, 0) is 24.2 Å². The van der Waals surface area contributed by atoms with Crippen molar-refractivity contribution in [2.24, 2.45) is 5.92 Å². The minimum atomic E-state index is -0.958. The van der Waals surface area contributed by atoms with Gasteiger partial charge in [-0.05, 0) is 47.9 Å². The highest BCUT2D eigenvalue weighted by Gasteiger charge is 2.24. The minimum Gasteiger partial charge on any atom is -0.482 e. The average molecular weight is 443 g/mol. The summed E-state index contributed by atoms with van der Waals surface area (Å²) in [6, 6.07) is 16.3. The molecule has 2 N–H and O–H groups in total. The second kappa shape index (κ2) is 9.32. The van der Waals surface area contributed by atoms with Crippen LogP contribution in [0.4, 0.5) is 0 Å². The summed E-state index contributed by atoms with van der Waals surface area (Å²) in [7, 11) is 0. The number of rotatable bonds is 8. The Balaban J connectivity index is 1.32. The van der Waals surface area contributed by atoms with Gasteiger partial charge in [-0.15, -0.1) is 0 Å². The van der Waals surface area contributed by atoms with Crippen molar-refractivity contribution >= 4 is 5.97 Å². The van der Waals surface area contributed by atoms with Crippen molar-refractivity contribution in [2.75, 3.05) is 6.61 Å². The highest BCUT2D eigenvalue weighted by Crippen LogP contribution is 2.34. The summed E-state index contributed by atoms with van der Waals surface area (Å²) in [4.78, 5) is 10.9. The van der Waals surface area contributed by atoms with E-state index in [4.69, 9.17) is 9.84 Å². The van der Waals surface area contributed by atoms with Crippen molar-refractivity contribution in [1.82, 2.24) is 20.0 Å². The Morgan fingerprint density at radius 1 is 1.12 bits per heavy atom. The first-order chi connectivity index (χ1) is 16.2. The van der Waals surface area contributed by atoms with E-state index in [1.165, 1.54) is 11.1 Å². The van der Waals surface area contributed by atoms with Gasteiger partial charge in [-0.25, -0.2) is 4.79 Å². The summed E-state index contributed by atoms with van der Waals surface area (Å²) in [6.45, 7) is 0.530. The van der Waals surface area contributed by atoms with Crippen LogP contribution in [0.15, 0.2) is 73.3 Å².